The third-order valence-electron chi connectivity index (χ3n) is 4.40. The van der Waals surface area contributed by atoms with Gasteiger partial charge in [-0.25, -0.2) is 0 Å². The Morgan fingerprint density at radius 3 is 2.25 bits per heavy atom. The summed E-state index contributed by atoms with van der Waals surface area (Å²) in [6.45, 7) is 0.449. The standard InChI is InChI=1S/C21H22N2O5/c1-26-12-11-23-20(24)18(14-7-5-4-6-8-14)19(21(23)25)22-15-9-10-16(27-2)17(13-15)28-3/h4-10,13,22H,11-12H2,1-3H3. The molecule has 2 aromatic rings. The van der Waals surface area contributed by atoms with Crippen LogP contribution in [0, 0.1) is 0 Å². The van der Waals surface area contributed by atoms with Crippen LogP contribution in [0.3, 0.4) is 0 Å². The maximum absolute atomic E-state index is 13.0. The average molecular weight is 382 g/mol. The Labute approximate surface area is 163 Å². The molecular weight excluding hydrogens is 360 g/mol. The Kier molecular flexibility index (Phi) is 5.96. The van der Waals surface area contributed by atoms with Gasteiger partial charge in [-0.05, 0) is 17.7 Å². The molecule has 0 atom stereocenters. The van der Waals surface area contributed by atoms with Crippen molar-refractivity contribution in [2.45, 2.75) is 0 Å². The lowest BCUT2D eigenvalue weighted by molar-refractivity contribution is -0.137. The molecule has 1 aliphatic rings. The van der Waals surface area contributed by atoms with E-state index in [-0.39, 0.29) is 24.8 Å². The Bertz CT molecular complexity index is 908. The number of hydrogen-bond acceptors (Lipinski definition) is 6. The van der Waals surface area contributed by atoms with Crippen LogP contribution in [-0.2, 0) is 14.3 Å². The molecule has 7 heteroatoms. The second-order valence-electron chi connectivity index (χ2n) is 6.07. The van der Waals surface area contributed by atoms with Gasteiger partial charge in [-0.15, -0.1) is 0 Å². The van der Waals surface area contributed by atoms with E-state index in [0.29, 0.717) is 28.3 Å². The topological polar surface area (TPSA) is 77.1 Å². The molecule has 1 heterocycles. The first kappa shape index (κ1) is 19.4. The third-order valence-corrected chi connectivity index (χ3v) is 4.40. The zero-order valence-corrected chi connectivity index (χ0v) is 16.0. The summed E-state index contributed by atoms with van der Waals surface area (Å²) in [4.78, 5) is 27.1. The molecule has 3 rings (SSSR count). The zero-order valence-electron chi connectivity index (χ0n) is 16.0. The molecule has 1 N–H and O–H groups in total. The van der Waals surface area contributed by atoms with Crippen LogP contribution in [0.1, 0.15) is 5.56 Å². The van der Waals surface area contributed by atoms with Crippen LogP contribution >= 0.6 is 0 Å². The van der Waals surface area contributed by atoms with Crippen LogP contribution in [0.4, 0.5) is 5.69 Å². The van der Waals surface area contributed by atoms with E-state index in [1.54, 1.807) is 37.4 Å². The summed E-state index contributed by atoms with van der Waals surface area (Å²) in [5.74, 6) is 0.343. The molecular formula is C21H22N2O5. The maximum atomic E-state index is 13.0. The van der Waals surface area contributed by atoms with Gasteiger partial charge in [0.25, 0.3) is 11.8 Å². The Morgan fingerprint density at radius 2 is 1.61 bits per heavy atom. The minimum absolute atomic E-state index is 0.182. The fourth-order valence-electron chi connectivity index (χ4n) is 3.01. The monoisotopic (exact) mass is 382 g/mol. The first-order valence-corrected chi connectivity index (χ1v) is 8.74. The van der Waals surface area contributed by atoms with Gasteiger partial charge in [0.05, 0.1) is 32.9 Å². The lowest BCUT2D eigenvalue weighted by atomic mass is 10.0. The Hall–Kier alpha value is -3.32. The zero-order chi connectivity index (χ0) is 20.1. The van der Waals surface area contributed by atoms with Crippen molar-refractivity contribution in [2.75, 3.05) is 39.8 Å². The van der Waals surface area contributed by atoms with Gasteiger partial charge in [0.2, 0.25) is 0 Å². The van der Waals surface area contributed by atoms with E-state index in [4.69, 9.17) is 14.2 Å². The summed E-state index contributed by atoms with van der Waals surface area (Å²) in [6, 6.07) is 14.3. The fourth-order valence-corrected chi connectivity index (χ4v) is 3.01. The van der Waals surface area contributed by atoms with Crippen molar-refractivity contribution in [3.05, 3.63) is 59.8 Å². The van der Waals surface area contributed by atoms with Crippen molar-refractivity contribution >= 4 is 23.1 Å². The van der Waals surface area contributed by atoms with E-state index < -0.39 is 5.91 Å². The number of carbonyl (C=O) groups excluding carboxylic acids is 2. The minimum atomic E-state index is -0.393. The molecule has 146 valence electrons. The van der Waals surface area contributed by atoms with Gasteiger partial charge < -0.3 is 19.5 Å². The highest BCUT2D eigenvalue weighted by Crippen LogP contribution is 2.34. The first-order chi connectivity index (χ1) is 13.6. The molecule has 0 spiro atoms. The average Bonchev–Trinajstić information content (AvgIpc) is 2.96. The van der Waals surface area contributed by atoms with Crippen molar-refractivity contribution in [2.24, 2.45) is 0 Å². The number of rotatable bonds is 8. The van der Waals surface area contributed by atoms with Gasteiger partial charge in [-0.2, -0.15) is 0 Å². The Morgan fingerprint density at radius 1 is 0.893 bits per heavy atom. The molecule has 0 saturated carbocycles. The van der Waals surface area contributed by atoms with Crippen LogP contribution in [-0.4, -0.2) is 51.2 Å². The number of hydrogen-bond donors (Lipinski definition) is 1. The van der Waals surface area contributed by atoms with Gasteiger partial charge in [0.1, 0.15) is 5.70 Å². The number of imide groups is 1. The molecule has 0 radical (unpaired) electrons. The minimum Gasteiger partial charge on any atom is -0.493 e. The molecule has 0 fully saturated rings. The SMILES string of the molecule is COCCN1C(=O)C(Nc2ccc(OC)c(OC)c2)=C(c2ccccc2)C1=O. The molecule has 28 heavy (non-hydrogen) atoms. The molecule has 0 aromatic heterocycles. The normalized spacial score (nSPS) is 13.9. The second kappa shape index (κ2) is 8.58. The number of amides is 2. The first-order valence-electron chi connectivity index (χ1n) is 8.74. The van der Waals surface area contributed by atoms with Crippen molar-refractivity contribution in [1.82, 2.24) is 4.90 Å². The van der Waals surface area contributed by atoms with Crippen molar-refractivity contribution < 1.29 is 23.8 Å². The van der Waals surface area contributed by atoms with E-state index in [2.05, 4.69) is 5.32 Å². The highest BCUT2D eigenvalue weighted by atomic mass is 16.5. The molecule has 0 bridgehead atoms. The molecule has 0 unspecified atom stereocenters. The van der Waals surface area contributed by atoms with E-state index in [1.165, 1.54) is 19.1 Å². The maximum Gasteiger partial charge on any atom is 0.278 e. The van der Waals surface area contributed by atoms with Gasteiger partial charge in [0.15, 0.2) is 11.5 Å². The molecule has 2 amide bonds. The smallest absolute Gasteiger partial charge is 0.278 e. The highest BCUT2D eigenvalue weighted by Gasteiger charge is 2.38. The fraction of sp³-hybridized carbons (Fsp3) is 0.238. The van der Waals surface area contributed by atoms with Crippen molar-refractivity contribution in [3.63, 3.8) is 0 Å². The molecule has 7 nitrogen and oxygen atoms in total. The lowest BCUT2D eigenvalue weighted by Crippen LogP contribution is -2.35. The summed E-state index contributed by atoms with van der Waals surface area (Å²) in [7, 11) is 4.61. The summed E-state index contributed by atoms with van der Waals surface area (Å²) >= 11 is 0. The van der Waals surface area contributed by atoms with E-state index >= 15 is 0 Å². The van der Waals surface area contributed by atoms with Gasteiger partial charge in [0, 0.05) is 18.9 Å². The van der Waals surface area contributed by atoms with Gasteiger partial charge in [-0.1, -0.05) is 30.3 Å². The van der Waals surface area contributed by atoms with Crippen LogP contribution in [0.2, 0.25) is 0 Å². The Balaban J connectivity index is 2.02. The van der Waals surface area contributed by atoms with Crippen LogP contribution < -0.4 is 14.8 Å². The summed E-state index contributed by atoms with van der Waals surface area (Å²) < 4.78 is 15.6. The predicted octanol–water partition coefficient (Wildman–Crippen LogP) is 2.54. The van der Waals surface area contributed by atoms with Crippen LogP contribution in [0.25, 0.3) is 5.57 Å². The second-order valence-corrected chi connectivity index (χ2v) is 6.07. The van der Waals surface area contributed by atoms with Gasteiger partial charge >= 0.3 is 0 Å². The third kappa shape index (κ3) is 3.70. The summed E-state index contributed by atoms with van der Waals surface area (Å²) in [5.41, 5.74) is 1.83. The summed E-state index contributed by atoms with van der Waals surface area (Å²) in [6.07, 6.45) is 0. The largest absolute Gasteiger partial charge is 0.493 e. The van der Waals surface area contributed by atoms with E-state index in [0.717, 1.165) is 0 Å². The summed E-state index contributed by atoms with van der Waals surface area (Å²) in [5, 5.41) is 3.09. The van der Waals surface area contributed by atoms with E-state index in [1.807, 2.05) is 18.2 Å². The lowest BCUT2D eigenvalue weighted by Gasteiger charge is -2.15. The molecule has 2 aromatic carbocycles. The van der Waals surface area contributed by atoms with Crippen molar-refractivity contribution in [3.8, 4) is 11.5 Å². The number of nitrogens with zero attached hydrogens (tertiary/aromatic N) is 1. The molecule has 0 saturated heterocycles. The predicted molar refractivity (Wildman–Crippen MR) is 105 cm³/mol. The number of nitrogens with one attached hydrogen (secondary N) is 1. The van der Waals surface area contributed by atoms with Crippen LogP contribution in [0.15, 0.2) is 54.2 Å². The number of benzene rings is 2. The highest BCUT2D eigenvalue weighted by molar-refractivity contribution is 6.36. The quantitative estimate of drug-likeness (QED) is 0.707. The van der Waals surface area contributed by atoms with Gasteiger partial charge in [-0.3, -0.25) is 14.5 Å². The van der Waals surface area contributed by atoms with Crippen molar-refractivity contribution in [1.29, 1.82) is 0 Å². The number of methoxy groups -OCH3 is 3. The molecule has 0 aliphatic carbocycles. The number of ether oxygens (including phenoxy) is 3. The number of anilines is 1. The van der Waals surface area contributed by atoms with Crippen LogP contribution in [0.5, 0.6) is 11.5 Å². The molecule has 1 aliphatic heterocycles. The number of carbonyl (C=O) groups is 2. The van der Waals surface area contributed by atoms with E-state index in [9.17, 15) is 9.59 Å².